The summed E-state index contributed by atoms with van der Waals surface area (Å²) in [4.78, 5) is 43.7. The predicted octanol–water partition coefficient (Wildman–Crippen LogP) is 2.51. The van der Waals surface area contributed by atoms with Crippen LogP contribution in [0.5, 0.6) is 0 Å². The van der Waals surface area contributed by atoms with Crippen molar-refractivity contribution in [3.8, 4) is 11.3 Å². The van der Waals surface area contributed by atoms with E-state index in [0.717, 1.165) is 12.0 Å². The number of pyridine rings is 1. The van der Waals surface area contributed by atoms with Crippen LogP contribution in [0.2, 0.25) is 0 Å². The Kier molecular flexibility index (Phi) is 6.11. The number of aromatic nitrogens is 1. The Labute approximate surface area is 184 Å². The zero-order valence-electron chi connectivity index (χ0n) is 17.6. The molecule has 164 valence electrons. The van der Waals surface area contributed by atoms with E-state index in [0.29, 0.717) is 35.1 Å². The molecule has 3 aromatic rings. The molecule has 1 aliphatic heterocycles. The smallest absolute Gasteiger partial charge is 0.252 e. The lowest BCUT2D eigenvalue weighted by molar-refractivity contribution is -0.137. The third kappa shape index (κ3) is 4.30. The number of nitrogens with one attached hydrogen (secondary N) is 2. The minimum absolute atomic E-state index is 0.211. The van der Waals surface area contributed by atoms with Gasteiger partial charge in [0.25, 0.3) is 5.91 Å². The molecule has 8 heteroatoms. The lowest BCUT2D eigenvalue weighted by atomic mass is 10.0. The van der Waals surface area contributed by atoms with Gasteiger partial charge in [-0.2, -0.15) is 0 Å². The molecule has 0 bridgehead atoms. The third-order valence-corrected chi connectivity index (χ3v) is 5.61. The summed E-state index contributed by atoms with van der Waals surface area (Å²) in [6.45, 7) is 0.237. The van der Waals surface area contributed by atoms with Crippen molar-refractivity contribution >= 4 is 28.6 Å². The molecule has 0 radical (unpaired) electrons. The normalized spacial score (nSPS) is 15.6. The van der Waals surface area contributed by atoms with Crippen LogP contribution in [0.3, 0.4) is 0 Å². The van der Waals surface area contributed by atoms with Crippen molar-refractivity contribution in [3.63, 3.8) is 0 Å². The second-order valence-electron chi connectivity index (χ2n) is 7.62. The van der Waals surface area contributed by atoms with Crippen LogP contribution in [0.25, 0.3) is 22.2 Å². The van der Waals surface area contributed by atoms with Gasteiger partial charge >= 0.3 is 0 Å². The van der Waals surface area contributed by atoms with Crippen LogP contribution in [0.15, 0.2) is 54.6 Å². The minimum Gasteiger partial charge on any atom is -0.357 e. The molecule has 1 unspecified atom stereocenters. The van der Waals surface area contributed by atoms with Crippen molar-refractivity contribution in [1.82, 2.24) is 20.5 Å². The van der Waals surface area contributed by atoms with Crippen molar-refractivity contribution in [2.45, 2.75) is 18.9 Å². The second-order valence-corrected chi connectivity index (χ2v) is 7.62. The van der Waals surface area contributed by atoms with E-state index in [2.05, 4.69) is 15.6 Å². The number of fused-ring (bicyclic) bond motifs is 1. The third-order valence-electron chi connectivity index (χ3n) is 5.61. The highest BCUT2D eigenvalue weighted by molar-refractivity contribution is 6.08. The first-order chi connectivity index (χ1) is 15.5. The quantitative estimate of drug-likeness (QED) is 0.646. The molecule has 1 atom stereocenters. The molecule has 3 amide bonds. The molecule has 1 fully saturated rings. The maximum Gasteiger partial charge on any atom is 0.252 e. The summed E-state index contributed by atoms with van der Waals surface area (Å²) < 4.78 is 13.8. The lowest BCUT2D eigenvalue weighted by Crippen LogP contribution is -2.48. The number of carbonyl (C=O) groups is 3. The van der Waals surface area contributed by atoms with E-state index in [4.69, 9.17) is 0 Å². The first-order valence-electron chi connectivity index (χ1n) is 10.4. The maximum absolute atomic E-state index is 13.8. The molecule has 1 saturated heterocycles. The summed E-state index contributed by atoms with van der Waals surface area (Å²) in [5.74, 6) is -1.45. The maximum atomic E-state index is 13.8. The molecule has 1 aromatic heterocycles. The van der Waals surface area contributed by atoms with E-state index >= 15 is 0 Å². The highest BCUT2D eigenvalue weighted by Crippen LogP contribution is 2.25. The van der Waals surface area contributed by atoms with Crippen molar-refractivity contribution in [2.75, 3.05) is 20.1 Å². The van der Waals surface area contributed by atoms with Crippen LogP contribution >= 0.6 is 0 Å². The minimum atomic E-state index is -0.515. The van der Waals surface area contributed by atoms with E-state index in [9.17, 15) is 18.8 Å². The van der Waals surface area contributed by atoms with Crippen molar-refractivity contribution in [2.24, 2.45) is 0 Å². The summed E-state index contributed by atoms with van der Waals surface area (Å²) in [6, 6.07) is 14.5. The number of hydrogen-bond donors (Lipinski definition) is 2. The fraction of sp³-hybridized carbons (Fsp3) is 0.250. The number of benzene rings is 2. The predicted molar refractivity (Wildman–Crippen MR) is 118 cm³/mol. The Hall–Kier alpha value is -3.81. The number of halogens is 1. The number of amides is 3. The molecule has 1 aliphatic rings. The standard InChI is InChI=1S/C24H23FN4O3/c1-26-24(32)21-8-5-11-29(21)22(30)14-27-23(31)18-13-19(15-6-3-2-4-7-15)28-20-12-16(25)9-10-17(18)20/h2-4,6-7,9-10,12-13,21H,5,8,11,14H2,1H3,(H,26,32)(H,27,31). The van der Waals surface area contributed by atoms with Crippen LogP contribution in [0.4, 0.5) is 4.39 Å². The lowest BCUT2D eigenvalue weighted by Gasteiger charge is -2.23. The van der Waals surface area contributed by atoms with Crippen LogP contribution in [0, 0.1) is 5.82 Å². The zero-order chi connectivity index (χ0) is 22.7. The van der Waals surface area contributed by atoms with Crippen LogP contribution in [-0.2, 0) is 9.59 Å². The van der Waals surface area contributed by atoms with Crippen molar-refractivity contribution in [3.05, 3.63) is 66.0 Å². The monoisotopic (exact) mass is 434 g/mol. The molecular weight excluding hydrogens is 411 g/mol. The van der Waals surface area contributed by atoms with Crippen LogP contribution < -0.4 is 10.6 Å². The number of carbonyl (C=O) groups excluding carboxylic acids is 3. The van der Waals surface area contributed by atoms with Gasteiger partial charge in [0, 0.05) is 30.6 Å². The summed E-state index contributed by atoms with van der Waals surface area (Å²) in [7, 11) is 1.53. The molecule has 0 spiro atoms. The Morgan fingerprint density at radius 2 is 1.91 bits per heavy atom. The Morgan fingerprint density at radius 3 is 2.66 bits per heavy atom. The average molecular weight is 434 g/mol. The molecule has 32 heavy (non-hydrogen) atoms. The van der Waals surface area contributed by atoms with Gasteiger partial charge < -0.3 is 15.5 Å². The topological polar surface area (TPSA) is 91.4 Å². The van der Waals surface area contributed by atoms with Gasteiger partial charge in [0.15, 0.2) is 0 Å². The van der Waals surface area contributed by atoms with E-state index in [-0.39, 0.29) is 18.4 Å². The molecule has 2 heterocycles. The molecular formula is C24H23FN4O3. The SMILES string of the molecule is CNC(=O)C1CCCN1C(=O)CNC(=O)c1cc(-c2ccccc2)nc2cc(F)ccc12. The van der Waals surface area contributed by atoms with Gasteiger partial charge in [-0.1, -0.05) is 30.3 Å². The molecule has 2 N–H and O–H groups in total. The van der Waals surface area contributed by atoms with Crippen molar-refractivity contribution in [1.29, 1.82) is 0 Å². The van der Waals surface area contributed by atoms with E-state index in [1.54, 1.807) is 6.07 Å². The van der Waals surface area contributed by atoms with Gasteiger partial charge in [-0.05, 0) is 31.0 Å². The van der Waals surface area contributed by atoms with Crippen LogP contribution in [-0.4, -0.2) is 53.8 Å². The fourth-order valence-corrected chi connectivity index (χ4v) is 4.00. The van der Waals surface area contributed by atoms with E-state index < -0.39 is 17.8 Å². The van der Waals surface area contributed by atoms with Gasteiger partial charge in [0.05, 0.1) is 23.3 Å². The largest absolute Gasteiger partial charge is 0.357 e. The molecule has 0 saturated carbocycles. The number of nitrogens with zero attached hydrogens (tertiary/aromatic N) is 2. The van der Waals surface area contributed by atoms with Gasteiger partial charge in [-0.25, -0.2) is 9.37 Å². The zero-order valence-corrected chi connectivity index (χ0v) is 17.6. The second kappa shape index (κ2) is 9.13. The van der Waals surface area contributed by atoms with Gasteiger partial charge in [0.1, 0.15) is 11.9 Å². The van der Waals surface area contributed by atoms with Gasteiger partial charge in [0.2, 0.25) is 11.8 Å². The first-order valence-corrected chi connectivity index (χ1v) is 10.4. The number of likely N-dealkylation sites (N-methyl/N-ethyl adjacent to an activating group) is 1. The number of hydrogen-bond acceptors (Lipinski definition) is 4. The first kappa shape index (κ1) is 21.4. The Balaban J connectivity index is 1.59. The molecule has 0 aliphatic carbocycles. The highest BCUT2D eigenvalue weighted by atomic mass is 19.1. The number of likely N-dealkylation sites (tertiary alicyclic amines) is 1. The van der Waals surface area contributed by atoms with Crippen LogP contribution in [0.1, 0.15) is 23.2 Å². The summed E-state index contributed by atoms with van der Waals surface area (Å²) in [6.07, 6.45) is 1.33. The van der Waals surface area contributed by atoms with E-state index in [1.807, 2.05) is 30.3 Å². The summed E-state index contributed by atoms with van der Waals surface area (Å²) >= 11 is 0. The molecule has 2 aromatic carbocycles. The average Bonchev–Trinajstić information content (AvgIpc) is 3.31. The van der Waals surface area contributed by atoms with Gasteiger partial charge in [-0.15, -0.1) is 0 Å². The Bertz CT molecular complexity index is 1180. The highest BCUT2D eigenvalue weighted by Gasteiger charge is 2.33. The molecule has 4 rings (SSSR count). The van der Waals surface area contributed by atoms with Crippen molar-refractivity contribution < 1.29 is 18.8 Å². The van der Waals surface area contributed by atoms with E-state index in [1.165, 1.54) is 30.1 Å². The molecule has 7 nitrogen and oxygen atoms in total. The fourth-order valence-electron chi connectivity index (χ4n) is 4.00. The number of rotatable bonds is 5. The summed E-state index contributed by atoms with van der Waals surface area (Å²) in [5.41, 5.74) is 1.96. The Morgan fingerprint density at radius 1 is 1.12 bits per heavy atom. The summed E-state index contributed by atoms with van der Waals surface area (Å²) in [5, 5.41) is 5.71. The van der Waals surface area contributed by atoms with Gasteiger partial charge in [-0.3, -0.25) is 14.4 Å².